The number of thiophene rings is 1. The standard InChI is InChI=1S/C25H33N3OS.C6H8O7/c1-5-29-18-25(11-10-21-15-22-23(30-21)7-6-13-26-22)12-14-28(17-25)24(3,4)20-9-8-19(2)27-16-20;7-3(8)1-6(13,5(11)12)2-4(9)10/h6-9,13,15-16H,5,10-12,14,17-18H2,1-4H3;13H,1-2H2,(H,7,8)(H,9,10)(H,11,12)/t25-;/m1./s1. The van der Waals surface area contributed by atoms with Gasteiger partial charge in [0.1, 0.15) is 0 Å². The lowest BCUT2D eigenvalue weighted by Crippen LogP contribution is -2.42. The summed E-state index contributed by atoms with van der Waals surface area (Å²) in [6.07, 6.45) is 5.06. The van der Waals surface area contributed by atoms with Gasteiger partial charge in [0, 0.05) is 47.1 Å². The summed E-state index contributed by atoms with van der Waals surface area (Å²) in [5, 5.41) is 33.8. The van der Waals surface area contributed by atoms with Gasteiger partial charge in [-0.1, -0.05) is 6.07 Å². The number of nitrogens with zero attached hydrogens (tertiary/aromatic N) is 3. The zero-order valence-electron chi connectivity index (χ0n) is 25.1. The van der Waals surface area contributed by atoms with E-state index in [4.69, 9.17) is 25.2 Å². The Kier molecular flexibility index (Phi) is 11.4. The lowest BCUT2D eigenvalue weighted by Gasteiger charge is -2.38. The van der Waals surface area contributed by atoms with Gasteiger partial charge in [0.05, 0.1) is 29.7 Å². The molecule has 0 amide bonds. The van der Waals surface area contributed by atoms with Gasteiger partial charge in [-0.2, -0.15) is 0 Å². The smallest absolute Gasteiger partial charge is 0.336 e. The molecule has 0 aliphatic carbocycles. The minimum Gasteiger partial charge on any atom is -0.481 e. The first-order chi connectivity index (χ1) is 20.2. The van der Waals surface area contributed by atoms with Crippen molar-refractivity contribution in [3.63, 3.8) is 0 Å². The molecule has 3 aromatic rings. The maximum absolute atomic E-state index is 10.3. The fourth-order valence-electron chi connectivity index (χ4n) is 5.28. The molecule has 1 aliphatic heterocycles. The van der Waals surface area contributed by atoms with Gasteiger partial charge in [-0.15, -0.1) is 11.3 Å². The average Bonchev–Trinajstić information content (AvgIpc) is 3.56. The van der Waals surface area contributed by atoms with Crippen LogP contribution in [-0.2, 0) is 31.1 Å². The third kappa shape index (κ3) is 9.02. The Balaban J connectivity index is 0.000000331. The van der Waals surface area contributed by atoms with E-state index in [0.717, 1.165) is 50.4 Å². The maximum atomic E-state index is 10.3. The second-order valence-electron chi connectivity index (χ2n) is 11.6. The molecule has 1 aliphatic rings. The fraction of sp³-hybridized carbons (Fsp3) is 0.516. The number of likely N-dealkylation sites (tertiary alicyclic amines) is 1. The molecule has 1 saturated heterocycles. The lowest BCUT2D eigenvalue weighted by atomic mass is 9.82. The van der Waals surface area contributed by atoms with Crippen molar-refractivity contribution in [2.24, 2.45) is 5.41 Å². The lowest BCUT2D eigenvalue weighted by molar-refractivity contribution is -0.170. The van der Waals surface area contributed by atoms with Gasteiger partial charge in [0.25, 0.3) is 0 Å². The van der Waals surface area contributed by atoms with Crippen LogP contribution in [0.15, 0.2) is 42.7 Å². The third-order valence-electron chi connectivity index (χ3n) is 7.98. The number of carboxylic acid groups (broad SMARTS) is 3. The van der Waals surface area contributed by atoms with E-state index >= 15 is 0 Å². The van der Waals surface area contributed by atoms with Crippen LogP contribution in [0.5, 0.6) is 0 Å². The molecule has 0 radical (unpaired) electrons. The fourth-order valence-corrected chi connectivity index (χ4v) is 6.30. The van der Waals surface area contributed by atoms with E-state index in [0.29, 0.717) is 0 Å². The SMILES string of the molecule is CCOC[C@]1(CCc2cc3ncccc3s2)CCN(C(C)(C)c2ccc(C)nc2)C1.O=C(O)CC(O)(CC(=O)O)C(=O)O. The van der Waals surface area contributed by atoms with Crippen molar-refractivity contribution in [3.8, 4) is 0 Å². The molecule has 4 rings (SSSR count). The number of carboxylic acids is 3. The van der Waals surface area contributed by atoms with Crippen molar-refractivity contribution in [2.45, 2.75) is 70.9 Å². The van der Waals surface area contributed by atoms with Crippen molar-refractivity contribution in [1.82, 2.24) is 14.9 Å². The highest BCUT2D eigenvalue weighted by Crippen LogP contribution is 2.42. The number of aryl methyl sites for hydroxylation is 2. The largest absolute Gasteiger partial charge is 0.481 e. The van der Waals surface area contributed by atoms with Crippen molar-refractivity contribution in [2.75, 3.05) is 26.3 Å². The highest BCUT2D eigenvalue weighted by atomic mass is 32.1. The summed E-state index contributed by atoms with van der Waals surface area (Å²) >= 11 is 1.88. The zero-order valence-corrected chi connectivity index (χ0v) is 25.9. The molecule has 12 heteroatoms. The van der Waals surface area contributed by atoms with Crippen LogP contribution >= 0.6 is 11.3 Å². The monoisotopic (exact) mass is 615 g/mol. The maximum Gasteiger partial charge on any atom is 0.336 e. The Morgan fingerprint density at radius 2 is 1.79 bits per heavy atom. The molecule has 3 aromatic heterocycles. The van der Waals surface area contributed by atoms with E-state index in [-0.39, 0.29) is 11.0 Å². The van der Waals surface area contributed by atoms with E-state index < -0.39 is 36.4 Å². The molecule has 4 N–H and O–H groups in total. The number of fused-ring (bicyclic) bond motifs is 1. The minimum atomic E-state index is -2.74. The summed E-state index contributed by atoms with van der Waals surface area (Å²) in [6.45, 7) is 12.6. The van der Waals surface area contributed by atoms with Crippen molar-refractivity contribution >= 4 is 39.5 Å². The van der Waals surface area contributed by atoms with Gasteiger partial charge in [-0.05, 0) is 83.3 Å². The van der Waals surface area contributed by atoms with Crippen LogP contribution in [-0.4, -0.2) is 85.1 Å². The first-order valence-corrected chi connectivity index (χ1v) is 15.0. The van der Waals surface area contributed by atoms with E-state index in [2.05, 4.69) is 59.9 Å². The van der Waals surface area contributed by atoms with Crippen LogP contribution in [0.3, 0.4) is 0 Å². The molecule has 0 unspecified atom stereocenters. The van der Waals surface area contributed by atoms with Gasteiger partial charge in [-0.25, -0.2) is 4.79 Å². The summed E-state index contributed by atoms with van der Waals surface area (Å²) in [4.78, 5) is 43.6. The Labute approximate surface area is 255 Å². The molecule has 0 bridgehead atoms. The van der Waals surface area contributed by atoms with Crippen molar-refractivity contribution < 1.29 is 39.5 Å². The molecule has 0 aromatic carbocycles. The van der Waals surface area contributed by atoms with Crippen LogP contribution in [0, 0.1) is 12.3 Å². The second kappa shape index (κ2) is 14.3. The van der Waals surface area contributed by atoms with Gasteiger partial charge in [0.2, 0.25) is 0 Å². The summed E-state index contributed by atoms with van der Waals surface area (Å²) < 4.78 is 7.29. The molecule has 4 heterocycles. The summed E-state index contributed by atoms with van der Waals surface area (Å²) in [5.41, 5.74) is 0.913. The van der Waals surface area contributed by atoms with E-state index in [9.17, 15) is 14.4 Å². The zero-order chi connectivity index (χ0) is 31.8. The second-order valence-corrected chi connectivity index (χ2v) is 12.8. The molecule has 11 nitrogen and oxygen atoms in total. The topological polar surface area (TPSA) is 170 Å². The summed E-state index contributed by atoms with van der Waals surface area (Å²) in [6, 6.07) is 10.8. The Hall–Kier alpha value is -3.45. The van der Waals surface area contributed by atoms with Crippen LogP contribution in [0.1, 0.15) is 62.6 Å². The van der Waals surface area contributed by atoms with Crippen molar-refractivity contribution in [3.05, 3.63) is 58.9 Å². The summed E-state index contributed by atoms with van der Waals surface area (Å²) in [5.74, 6) is -5.02. The number of carbonyl (C=O) groups is 3. The quantitative estimate of drug-likeness (QED) is 0.216. The molecular formula is C31H41N3O8S. The number of hydrogen-bond donors (Lipinski definition) is 4. The van der Waals surface area contributed by atoms with Crippen LogP contribution in [0.4, 0.5) is 0 Å². The molecule has 1 atom stereocenters. The molecule has 0 spiro atoms. The number of aliphatic carboxylic acids is 3. The normalized spacial score (nSPS) is 17.4. The minimum absolute atomic E-state index is 0.0316. The summed E-state index contributed by atoms with van der Waals surface area (Å²) in [7, 11) is 0. The molecule has 1 fully saturated rings. The van der Waals surface area contributed by atoms with Crippen molar-refractivity contribution in [1.29, 1.82) is 0 Å². The highest BCUT2D eigenvalue weighted by Gasteiger charge is 2.44. The van der Waals surface area contributed by atoms with E-state index in [1.54, 1.807) is 0 Å². The number of pyridine rings is 2. The first-order valence-electron chi connectivity index (χ1n) is 14.2. The molecule has 234 valence electrons. The Morgan fingerprint density at radius 3 is 2.35 bits per heavy atom. The van der Waals surface area contributed by atoms with Gasteiger partial charge in [-0.3, -0.25) is 24.5 Å². The number of ether oxygens (including phenoxy) is 1. The van der Waals surface area contributed by atoms with Gasteiger partial charge >= 0.3 is 17.9 Å². The first kappa shape index (κ1) is 34.0. The Morgan fingerprint density at radius 1 is 1.09 bits per heavy atom. The highest BCUT2D eigenvalue weighted by molar-refractivity contribution is 7.19. The third-order valence-corrected chi connectivity index (χ3v) is 9.13. The number of aromatic nitrogens is 2. The van der Waals surface area contributed by atoms with E-state index in [1.165, 1.54) is 21.6 Å². The van der Waals surface area contributed by atoms with Gasteiger partial charge in [0.15, 0.2) is 5.60 Å². The van der Waals surface area contributed by atoms with Gasteiger partial charge < -0.3 is 25.2 Å². The Bertz CT molecular complexity index is 1360. The van der Waals surface area contributed by atoms with Crippen LogP contribution in [0.25, 0.3) is 10.2 Å². The molecule has 43 heavy (non-hydrogen) atoms. The number of hydrogen-bond acceptors (Lipinski definition) is 9. The van der Waals surface area contributed by atoms with Crippen LogP contribution < -0.4 is 0 Å². The predicted molar refractivity (Wildman–Crippen MR) is 162 cm³/mol. The predicted octanol–water partition coefficient (Wildman–Crippen LogP) is 4.35. The number of aliphatic hydroxyl groups is 1. The van der Waals surface area contributed by atoms with Crippen LogP contribution in [0.2, 0.25) is 0 Å². The van der Waals surface area contributed by atoms with E-state index in [1.807, 2.05) is 36.7 Å². The molecule has 0 saturated carbocycles. The molecular weight excluding hydrogens is 574 g/mol. The average molecular weight is 616 g/mol. The number of rotatable bonds is 13.